The number of piperidine rings is 1. The second-order valence-electron chi connectivity index (χ2n) is 7.56. The van der Waals surface area contributed by atoms with Crippen molar-refractivity contribution in [2.75, 3.05) is 33.7 Å². The molecule has 1 saturated heterocycles. The van der Waals surface area contributed by atoms with Crippen molar-refractivity contribution in [2.45, 2.75) is 26.8 Å². The predicted molar refractivity (Wildman–Crippen MR) is 105 cm³/mol. The Morgan fingerprint density at radius 3 is 2.37 bits per heavy atom. The van der Waals surface area contributed by atoms with Gasteiger partial charge in [0.15, 0.2) is 5.96 Å². The molecule has 148 valence electrons. The Balaban J connectivity index is 2.13. The largest absolute Gasteiger partial charge is 0.347 e. The fourth-order valence-electron chi connectivity index (χ4n) is 3.31. The van der Waals surface area contributed by atoms with Gasteiger partial charge in [0.25, 0.3) is 5.69 Å². The van der Waals surface area contributed by atoms with E-state index in [1.54, 1.807) is 31.1 Å². The van der Waals surface area contributed by atoms with Crippen LogP contribution in [0.3, 0.4) is 0 Å². The zero-order valence-electron chi connectivity index (χ0n) is 16.5. The van der Waals surface area contributed by atoms with Crippen LogP contribution in [0.5, 0.6) is 0 Å². The van der Waals surface area contributed by atoms with Gasteiger partial charge in [0.2, 0.25) is 5.91 Å². The van der Waals surface area contributed by atoms with Gasteiger partial charge in [0.1, 0.15) is 0 Å². The Labute approximate surface area is 160 Å². The van der Waals surface area contributed by atoms with E-state index in [0.717, 1.165) is 18.7 Å². The molecule has 1 aromatic rings. The van der Waals surface area contributed by atoms with Crippen LogP contribution in [0.2, 0.25) is 0 Å². The van der Waals surface area contributed by atoms with Crippen molar-refractivity contribution in [3.63, 3.8) is 0 Å². The van der Waals surface area contributed by atoms with Crippen LogP contribution in [-0.2, 0) is 11.3 Å². The highest BCUT2D eigenvalue weighted by Crippen LogP contribution is 2.21. The lowest BCUT2D eigenvalue weighted by molar-refractivity contribution is -0.384. The first-order valence-electron chi connectivity index (χ1n) is 9.23. The number of likely N-dealkylation sites (N-methyl/N-ethyl adjacent to an activating group) is 1. The number of nitrogens with zero attached hydrogens (tertiary/aromatic N) is 4. The van der Waals surface area contributed by atoms with Crippen LogP contribution < -0.4 is 5.32 Å². The first-order valence-corrected chi connectivity index (χ1v) is 9.23. The number of carbonyl (C=O) groups is 1. The zero-order valence-corrected chi connectivity index (χ0v) is 16.5. The van der Waals surface area contributed by atoms with Crippen LogP contribution >= 0.6 is 0 Å². The maximum Gasteiger partial charge on any atom is 0.269 e. The number of hydrogen-bond acceptors (Lipinski definition) is 4. The molecule has 0 aliphatic carbocycles. The Morgan fingerprint density at radius 2 is 1.85 bits per heavy atom. The summed E-state index contributed by atoms with van der Waals surface area (Å²) in [4.78, 5) is 30.8. The van der Waals surface area contributed by atoms with E-state index in [-0.39, 0.29) is 18.1 Å². The van der Waals surface area contributed by atoms with Crippen molar-refractivity contribution >= 4 is 17.6 Å². The summed E-state index contributed by atoms with van der Waals surface area (Å²) in [5.41, 5.74) is 0.952. The molecule has 0 spiro atoms. The third kappa shape index (κ3) is 6.23. The molecular weight excluding hydrogens is 346 g/mol. The Bertz CT molecular complexity index is 677. The number of rotatable bonds is 5. The summed E-state index contributed by atoms with van der Waals surface area (Å²) >= 11 is 0. The second-order valence-corrected chi connectivity index (χ2v) is 7.56. The van der Waals surface area contributed by atoms with E-state index in [1.807, 2.05) is 0 Å². The molecule has 1 heterocycles. The number of nitro groups is 1. The minimum absolute atomic E-state index is 0.0175. The maximum absolute atomic E-state index is 12.0. The van der Waals surface area contributed by atoms with Gasteiger partial charge < -0.3 is 15.1 Å². The lowest BCUT2D eigenvalue weighted by Gasteiger charge is -2.37. The molecule has 8 nitrogen and oxygen atoms in total. The van der Waals surface area contributed by atoms with Gasteiger partial charge in [-0.15, -0.1) is 0 Å². The molecule has 2 atom stereocenters. The first kappa shape index (κ1) is 20.7. The van der Waals surface area contributed by atoms with Crippen molar-refractivity contribution in [1.29, 1.82) is 0 Å². The van der Waals surface area contributed by atoms with E-state index < -0.39 is 4.92 Å². The molecule has 27 heavy (non-hydrogen) atoms. The van der Waals surface area contributed by atoms with Gasteiger partial charge in [0.05, 0.1) is 18.0 Å². The summed E-state index contributed by atoms with van der Waals surface area (Å²) in [6.45, 7) is 6.82. The number of nitrogens with one attached hydrogen (secondary N) is 1. The van der Waals surface area contributed by atoms with Crippen molar-refractivity contribution in [1.82, 2.24) is 15.1 Å². The standard InChI is InChI=1S/C19H29N5O3/c1-14-9-15(2)13-23(12-14)19(21-11-18(25)22(3)4)20-10-16-5-7-17(8-6-16)24(26)27/h5-8,14-15H,9-13H2,1-4H3,(H,20,21). The number of hydrogen-bond donors (Lipinski definition) is 1. The van der Waals surface area contributed by atoms with Gasteiger partial charge in [-0.05, 0) is 23.8 Å². The Hall–Kier alpha value is -2.64. The molecule has 1 N–H and O–H groups in total. The molecule has 1 aromatic carbocycles. The van der Waals surface area contributed by atoms with Gasteiger partial charge in [-0.2, -0.15) is 0 Å². The molecule has 1 fully saturated rings. The average Bonchev–Trinajstić information content (AvgIpc) is 2.60. The lowest BCUT2D eigenvalue weighted by atomic mass is 9.92. The molecular formula is C19H29N5O3. The van der Waals surface area contributed by atoms with Gasteiger partial charge in [-0.25, -0.2) is 4.99 Å². The first-order chi connectivity index (χ1) is 12.8. The number of nitro benzene ring substituents is 1. The summed E-state index contributed by atoms with van der Waals surface area (Å²) in [5.74, 6) is 1.81. The Kier molecular flexibility index (Phi) is 7.15. The van der Waals surface area contributed by atoms with E-state index >= 15 is 0 Å². The van der Waals surface area contributed by atoms with Crippen LogP contribution in [0.4, 0.5) is 5.69 Å². The minimum atomic E-state index is -0.413. The van der Waals surface area contributed by atoms with Gasteiger partial charge in [-0.3, -0.25) is 14.9 Å². The summed E-state index contributed by atoms with van der Waals surface area (Å²) in [5, 5.41) is 14.0. The number of non-ortho nitro benzene ring substituents is 1. The molecule has 2 rings (SSSR count). The number of likely N-dealkylation sites (tertiary alicyclic amines) is 1. The highest BCUT2D eigenvalue weighted by molar-refractivity contribution is 5.86. The molecule has 0 radical (unpaired) electrons. The fraction of sp³-hybridized carbons (Fsp3) is 0.579. The number of amides is 1. The molecule has 0 saturated carbocycles. The van der Waals surface area contributed by atoms with Crippen LogP contribution in [0.1, 0.15) is 25.8 Å². The molecule has 1 aliphatic heterocycles. The third-order valence-corrected chi connectivity index (χ3v) is 4.62. The molecule has 0 aromatic heterocycles. The summed E-state index contributed by atoms with van der Waals surface area (Å²) in [7, 11) is 3.45. The lowest BCUT2D eigenvalue weighted by Crippen LogP contribution is -2.50. The van der Waals surface area contributed by atoms with Crippen LogP contribution in [0, 0.1) is 22.0 Å². The van der Waals surface area contributed by atoms with Crippen molar-refractivity contribution in [3.8, 4) is 0 Å². The van der Waals surface area contributed by atoms with Crippen LogP contribution in [0.15, 0.2) is 29.3 Å². The van der Waals surface area contributed by atoms with E-state index in [9.17, 15) is 14.9 Å². The predicted octanol–water partition coefficient (Wildman–Crippen LogP) is 2.11. The molecule has 1 amide bonds. The van der Waals surface area contributed by atoms with Crippen LogP contribution in [-0.4, -0.2) is 60.3 Å². The smallest absolute Gasteiger partial charge is 0.269 e. The highest BCUT2D eigenvalue weighted by atomic mass is 16.6. The van der Waals surface area contributed by atoms with Gasteiger partial charge >= 0.3 is 0 Å². The quantitative estimate of drug-likeness (QED) is 0.368. The third-order valence-electron chi connectivity index (χ3n) is 4.62. The topological polar surface area (TPSA) is 91.1 Å². The van der Waals surface area contributed by atoms with E-state index in [2.05, 4.69) is 29.1 Å². The van der Waals surface area contributed by atoms with Gasteiger partial charge in [-0.1, -0.05) is 26.0 Å². The fourth-order valence-corrected chi connectivity index (χ4v) is 3.31. The summed E-state index contributed by atoms with van der Waals surface area (Å²) < 4.78 is 0. The van der Waals surface area contributed by atoms with E-state index in [1.165, 1.54) is 18.6 Å². The normalized spacial score (nSPS) is 20.3. The van der Waals surface area contributed by atoms with Crippen molar-refractivity contribution in [2.24, 2.45) is 16.8 Å². The SMILES string of the molecule is CC1CC(C)CN(C(=NCc2ccc([N+](=O)[O-])cc2)NCC(=O)N(C)C)C1. The second kappa shape index (κ2) is 9.34. The van der Waals surface area contributed by atoms with Gasteiger partial charge in [0, 0.05) is 39.3 Å². The Morgan fingerprint density at radius 1 is 1.26 bits per heavy atom. The van der Waals surface area contributed by atoms with Crippen LogP contribution in [0.25, 0.3) is 0 Å². The van der Waals surface area contributed by atoms with Crippen molar-refractivity contribution in [3.05, 3.63) is 39.9 Å². The molecule has 8 heteroatoms. The summed E-state index contributed by atoms with van der Waals surface area (Å²) in [6.07, 6.45) is 1.18. The maximum atomic E-state index is 12.0. The molecule has 0 bridgehead atoms. The zero-order chi connectivity index (χ0) is 20.0. The molecule has 1 aliphatic rings. The van der Waals surface area contributed by atoms with E-state index in [4.69, 9.17) is 0 Å². The van der Waals surface area contributed by atoms with E-state index in [0.29, 0.717) is 24.3 Å². The number of benzene rings is 1. The number of guanidine groups is 1. The minimum Gasteiger partial charge on any atom is -0.347 e. The molecule has 2 unspecified atom stereocenters. The number of aliphatic imine (C=N–C) groups is 1. The monoisotopic (exact) mass is 375 g/mol. The summed E-state index contributed by atoms with van der Waals surface area (Å²) in [6, 6.07) is 6.40. The number of carbonyl (C=O) groups excluding carboxylic acids is 1. The van der Waals surface area contributed by atoms with Crippen molar-refractivity contribution < 1.29 is 9.72 Å². The average molecular weight is 375 g/mol. The highest BCUT2D eigenvalue weighted by Gasteiger charge is 2.24.